The number of aromatic nitrogens is 28. The summed E-state index contributed by atoms with van der Waals surface area (Å²) in [5, 5.41) is 54.0. The number of rotatable bonds is 16. The summed E-state index contributed by atoms with van der Waals surface area (Å²) in [7, 11) is 0. The van der Waals surface area contributed by atoms with Gasteiger partial charge in [0.1, 0.15) is 94.6 Å². The number of nitrogens with one attached hydrogen (secondary N) is 7. The molecule has 1 unspecified atom stereocenters. The van der Waals surface area contributed by atoms with Gasteiger partial charge in [0.05, 0.1) is 0 Å². The number of nitrogens with zero attached hydrogens (tertiary/aromatic N) is 28. The first kappa shape index (κ1) is 93.7. The van der Waals surface area contributed by atoms with Gasteiger partial charge in [0, 0.05) is 132 Å². The molecule has 22 rings (SSSR count). The highest BCUT2D eigenvalue weighted by Gasteiger charge is 2.24. The average Bonchev–Trinajstić information content (AvgIpc) is 1.57. The number of hydrogen-bond donors (Lipinski definition) is 7. The van der Waals surface area contributed by atoms with Gasteiger partial charge in [-0.25, -0.2) is 43.7 Å². The lowest BCUT2D eigenvalue weighted by Gasteiger charge is -2.14. The molecule has 0 aliphatic heterocycles. The topological polar surface area (TPSA) is 386 Å². The van der Waals surface area contributed by atoms with Crippen LogP contribution in [-0.4, -0.2) is 149 Å². The lowest BCUT2D eigenvalue weighted by molar-refractivity contribution is 0.625. The molecule has 7 aromatic carbocycles. The lowest BCUT2D eigenvalue weighted by atomic mass is 10.1. The van der Waals surface area contributed by atoms with Crippen LogP contribution in [-0.2, 0) is 19.3 Å². The molecule has 0 fully saturated rings. The maximum Gasteiger partial charge on any atom is 0.254 e. The Bertz CT molecular complexity index is 7590. The average molecular weight is 1870 g/mol. The molecule has 0 spiro atoms. The molecule has 0 bridgehead atoms. The maximum absolute atomic E-state index is 13.3. The van der Waals surface area contributed by atoms with E-state index in [0.29, 0.717) is 68.8 Å². The summed E-state index contributed by atoms with van der Waals surface area (Å²) in [5.41, 5.74) is 20.7. The number of fused-ring (bicyclic) bond motifs is 8. The van der Waals surface area contributed by atoms with Crippen molar-refractivity contribution in [1.82, 2.24) is 137 Å². The van der Waals surface area contributed by atoms with Crippen LogP contribution < -0.4 is 37.2 Å². The molecule has 0 radical (unpaired) electrons. The van der Waals surface area contributed by atoms with Crippen molar-refractivity contribution in [2.45, 2.75) is 141 Å². The van der Waals surface area contributed by atoms with Crippen molar-refractivity contribution in [3.63, 3.8) is 0 Å². The predicted molar refractivity (Wildman–Crippen MR) is 532 cm³/mol. The molecule has 0 amide bonds. The van der Waals surface area contributed by atoms with Crippen LogP contribution in [0, 0.1) is 115 Å². The van der Waals surface area contributed by atoms with Crippen LogP contribution >= 0.6 is 23.4 Å². The molecule has 0 saturated carbocycles. The van der Waals surface area contributed by atoms with Crippen LogP contribution in [0.15, 0.2) is 218 Å². The third-order valence-corrected chi connectivity index (χ3v) is 22.3. The number of thioether (sulfide) groups is 1. The van der Waals surface area contributed by atoms with Crippen molar-refractivity contribution in [2.24, 2.45) is 0 Å². The first-order valence-corrected chi connectivity index (χ1v) is 45.5. The molecule has 694 valence electrons. The maximum atomic E-state index is 13.3. The Balaban J connectivity index is 0.000000116. The lowest BCUT2D eigenvalue weighted by Crippen LogP contribution is -2.21. The molecule has 1 atom stereocenters. The Labute approximate surface area is 796 Å². The molecule has 0 saturated heterocycles. The van der Waals surface area contributed by atoms with E-state index in [2.05, 4.69) is 256 Å². The van der Waals surface area contributed by atoms with E-state index < -0.39 is 0 Å². The van der Waals surface area contributed by atoms with E-state index in [1.165, 1.54) is 75.5 Å². The van der Waals surface area contributed by atoms with Gasteiger partial charge in [0.2, 0.25) is 0 Å². The van der Waals surface area contributed by atoms with Crippen LogP contribution in [0.4, 0.5) is 83.6 Å². The van der Waals surface area contributed by atoms with Gasteiger partial charge in [-0.05, 0) is 290 Å². The molecule has 7 N–H and O–H groups in total. The summed E-state index contributed by atoms with van der Waals surface area (Å²) in [6, 6.07) is 61.8. The summed E-state index contributed by atoms with van der Waals surface area (Å²) in [6.07, 6.45) is 9.30. The van der Waals surface area contributed by atoms with Crippen molar-refractivity contribution >= 4 is 139 Å². The summed E-state index contributed by atoms with van der Waals surface area (Å²) in [6.45, 7) is 31.5. The van der Waals surface area contributed by atoms with E-state index in [4.69, 9.17) is 11.6 Å². The minimum absolute atomic E-state index is 0.173. The first-order valence-electron chi connectivity index (χ1n) is 43.9. The van der Waals surface area contributed by atoms with E-state index in [0.717, 1.165) is 140 Å². The monoisotopic (exact) mass is 1870 g/mol. The second-order valence-electron chi connectivity index (χ2n) is 32.8. The third kappa shape index (κ3) is 23.8. The number of aryl methyl sites for hydroxylation is 16. The fraction of sp³-hybridized carbons (Fsp3) is 0.214. The molecular formula is C98H100ClF2N35S. The predicted octanol–water partition coefficient (Wildman–Crippen LogP) is 19.8. The van der Waals surface area contributed by atoms with Gasteiger partial charge >= 0.3 is 0 Å². The van der Waals surface area contributed by atoms with Crippen LogP contribution in [0.1, 0.15) is 109 Å². The fourth-order valence-corrected chi connectivity index (χ4v) is 15.5. The van der Waals surface area contributed by atoms with Crippen LogP contribution in [0.2, 0.25) is 5.02 Å². The van der Waals surface area contributed by atoms with Gasteiger partial charge in [-0.15, -0.1) is 32.2 Å². The number of halogens is 3. The third-order valence-electron chi connectivity index (χ3n) is 21.3. The van der Waals surface area contributed by atoms with Crippen LogP contribution in [0.3, 0.4) is 0 Å². The fourth-order valence-electron chi connectivity index (χ4n) is 15.0. The molecule has 1 aliphatic carbocycles. The highest BCUT2D eigenvalue weighted by molar-refractivity contribution is 7.98. The van der Waals surface area contributed by atoms with E-state index in [1.54, 1.807) is 61.6 Å². The van der Waals surface area contributed by atoms with E-state index >= 15 is 0 Å². The van der Waals surface area contributed by atoms with Gasteiger partial charge in [0.25, 0.3) is 40.4 Å². The molecule has 14 aromatic heterocycles. The standard InChI is InChI=1S/C15H14FN5.2C15H17N5.C14H15N5.C13H12ClN5.C13H12FN5.C13H13N5S/c1-9-4-14(21-15(19-9)17-8-18-21)20-13-6-10-2-3-12(16)5-11(10)7-13;1-9-5-10(2)7-13(6-9)18-14-8-11(3)16-15-17-12(4)19-20(14)15;1-9-5-6-13(7-10(9)2)18-14-8-11(3)16-15-17-12(4)19-20(14)15;1-3-11-4-6-12(7-5-11)18-13-8-10(2)17-14-15-9-16-19(13)14;2*1-8-7-12(17-11-5-3-10(14)4-6-11)19-13(15-8)16-9(2)18-19;1-9-7-12(18-13(16-9)14-8-15-18)17-10-3-5-11(19-2)6-4-10/h2-5,8,13,20H,6-7H2,1H3;2*5-8,18H,1-4H3;4-9,18H,3H2,1-2H3;2*3-7,17H,1-2H3;3-8,17H,1-2H3. The Kier molecular flexibility index (Phi) is 28.5. The largest absolute Gasteiger partial charge is 0.366 e. The summed E-state index contributed by atoms with van der Waals surface area (Å²) >= 11 is 7.60. The number of benzene rings is 7. The molecule has 35 nitrogen and oxygen atoms in total. The highest BCUT2D eigenvalue weighted by Crippen LogP contribution is 2.30. The van der Waals surface area contributed by atoms with E-state index in [-0.39, 0.29) is 17.7 Å². The zero-order valence-corrected chi connectivity index (χ0v) is 80.0. The van der Waals surface area contributed by atoms with Gasteiger partial charge < -0.3 is 37.2 Å². The van der Waals surface area contributed by atoms with Gasteiger partial charge in [-0.2, -0.15) is 81.8 Å². The van der Waals surface area contributed by atoms with Crippen molar-refractivity contribution in [2.75, 3.05) is 43.5 Å². The number of anilines is 13. The zero-order chi connectivity index (χ0) is 96.2. The Morgan fingerprint density at radius 3 is 1.04 bits per heavy atom. The van der Waals surface area contributed by atoms with Gasteiger partial charge in [0.15, 0.2) is 0 Å². The molecule has 39 heteroatoms. The summed E-state index contributed by atoms with van der Waals surface area (Å²) in [5.74, 6) is 12.4. The Morgan fingerprint density at radius 1 is 0.314 bits per heavy atom. The molecule has 137 heavy (non-hydrogen) atoms. The second-order valence-corrected chi connectivity index (χ2v) is 34.1. The summed E-state index contributed by atoms with van der Waals surface area (Å²) < 4.78 is 38.0. The molecule has 1 aliphatic rings. The quantitative estimate of drug-likeness (QED) is 0.0442. The summed E-state index contributed by atoms with van der Waals surface area (Å²) in [4.78, 5) is 61.0. The molecular weight excluding hydrogens is 1770 g/mol. The molecule has 21 aromatic rings. The van der Waals surface area contributed by atoms with Gasteiger partial charge in [-0.3, -0.25) is 0 Å². The highest BCUT2D eigenvalue weighted by atomic mass is 35.5. The van der Waals surface area contributed by atoms with Crippen LogP contribution in [0.5, 0.6) is 0 Å². The Morgan fingerprint density at radius 2 is 0.642 bits per heavy atom. The van der Waals surface area contributed by atoms with E-state index in [1.807, 2.05) is 161 Å². The minimum Gasteiger partial charge on any atom is -0.366 e. The van der Waals surface area contributed by atoms with Crippen molar-refractivity contribution < 1.29 is 8.78 Å². The first-order chi connectivity index (χ1) is 66.0. The Hall–Kier alpha value is -16.5. The van der Waals surface area contributed by atoms with Crippen LogP contribution in [0.25, 0.3) is 40.4 Å². The normalized spacial score (nSPS) is 11.9. The van der Waals surface area contributed by atoms with E-state index in [9.17, 15) is 8.78 Å². The number of hydrogen-bond acceptors (Lipinski definition) is 29. The molecule has 14 heterocycles. The SMILES string of the molecule is CCc1ccc(Nc2cc(C)nc3ncnn23)cc1.CSc1ccc(Nc2cc(C)nc3ncnn23)cc1.Cc1cc(C)cc(Nc2cc(C)nc3nc(C)nn23)c1.Cc1cc(NC2Cc3ccc(F)cc3C2)n2ncnc2n1.Cc1cc(Nc2ccc(C)c(C)c2)n2nc(C)nc2n1.Cc1cc(Nc2ccc(Cl)cc2)n2nc(C)nc2n1.Cc1cc(Nc2ccc(F)cc2)n2nc(C)nc2n1. The van der Waals surface area contributed by atoms with Crippen molar-refractivity contribution in [3.05, 3.63) is 332 Å². The smallest absolute Gasteiger partial charge is 0.254 e. The van der Waals surface area contributed by atoms with Gasteiger partial charge in [-0.1, -0.05) is 48.9 Å². The zero-order valence-electron chi connectivity index (χ0n) is 78.5. The second kappa shape index (κ2) is 41.7. The van der Waals surface area contributed by atoms with Crippen molar-refractivity contribution in [1.29, 1.82) is 0 Å². The van der Waals surface area contributed by atoms with Crippen molar-refractivity contribution in [3.8, 4) is 0 Å². The minimum atomic E-state index is -0.266.